The summed E-state index contributed by atoms with van der Waals surface area (Å²) in [6.45, 7) is 8.11. The summed E-state index contributed by atoms with van der Waals surface area (Å²) >= 11 is 3.50. The van der Waals surface area contributed by atoms with Gasteiger partial charge in [0.25, 0.3) is 0 Å². The van der Waals surface area contributed by atoms with Gasteiger partial charge in [-0.15, -0.1) is 0 Å². The maximum absolute atomic E-state index is 5.95. The van der Waals surface area contributed by atoms with Gasteiger partial charge in [-0.1, -0.05) is 18.2 Å². The Balaban J connectivity index is 1.91. The Hall–Kier alpha value is -2.08. The molecule has 0 aliphatic carbocycles. The molecule has 0 saturated carbocycles. The van der Waals surface area contributed by atoms with E-state index in [0.29, 0.717) is 13.1 Å². The van der Waals surface area contributed by atoms with Crippen molar-refractivity contribution in [2.24, 2.45) is 4.99 Å². The van der Waals surface area contributed by atoms with E-state index in [9.17, 15) is 0 Å². The molecule has 0 radical (unpaired) electrons. The molecule has 1 heterocycles. The average Bonchev–Trinajstić information content (AvgIpc) is 2.60. The van der Waals surface area contributed by atoms with E-state index < -0.39 is 0 Å². The van der Waals surface area contributed by atoms with Gasteiger partial charge < -0.3 is 15.4 Å². The van der Waals surface area contributed by atoms with Crippen molar-refractivity contribution in [3.63, 3.8) is 0 Å². The number of benzene rings is 1. The van der Waals surface area contributed by atoms with Gasteiger partial charge in [-0.25, -0.2) is 4.99 Å². The number of nitrogens with zero attached hydrogens (tertiary/aromatic N) is 2. The maximum atomic E-state index is 5.95. The largest absolute Gasteiger partial charge is 0.488 e. The number of nitrogens with one attached hydrogen (secondary N) is 2. The molecule has 2 N–H and O–H groups in total. The van der Waals surface area contributed by atoms with Crippen molar-refractivity contribution in [1.82, 2.24) is 15.6 Å². The number of hydrogen-bond acceptors (Lipinski definition) is 3. The van der Waals surface area contributed by atoms with E-state index in [0.717, 1.165) is 34.0 Å². The molecule has 0 aliphatic rings. The lowest BCUT2D eigenvalue weighted by atomic mass is 10.2. The maximum Gasteiger partial charge on any atom is 0.191 e. The highest BCUT2D eigenvalue weighted by atomic mass is 79.9. The second-order valence-electron chi connectivity index (χ2n) is 5.70. The molecule has 134 valence electrons. The van der Waals surface area contributed by atoms with Crippen LogP contribution in [0.1, 0.15) is 25.1 Å². The lowest BCUT2D eigenvalue weighted by molar-refractivity contribution is 0.222. The van der Waals surface area contributed by atoms with Crippen LogP contribution in [0.3, 0.4) is 0 Å². The number of hydrogen-bond donors (Lipinski definition) is 2. The Morgan fingerprint density at radius 2 is 2.04 bits per heavy atom. The molecule has 1 unspecified atom stereocenters. The van der Waals surface area contributed by atoms with Gasteiger partial charge in [-0.2, -0.15) is 0 Å². The van der Waals surface area contributed by atoms with Gasteiger partial charge in [0, 0.05) is 12.7 Å². The summed E-state index contributed by atoms with van der Waals surface area (Å²) in [7, 11) is 0. The second kappa shape index (κ2) is 10.0. The zero-order chi connectivity index (χ0) is 18.1. The molecule has 2 rings (SSSR count). The molecule has 0 saturated heterocycles. The second-order valence-corrected chi connectivity index (χ2v) is 6.56. The fraction of sp³-hybridized carbons (Fsp3) is 0.368. The van der Waals surface area contributed by atoms with Gasteiger partial charge >= 0.3 is 0 Å². The minimum atomic E-state index is -0.000794. The van der Waals surface area contributed by atoms with Crippen LogP contribution in [0.25, 0.3) is 0 Å². The number of guanidine groups is 1. The molecule has 6 heteroatoms. The molecule has 1 aromatic heterocycles. The molecule has 1 aromatic carbocycles. The Bertz CT molecular complexity index is 705. The predicted octanol–water partition coefficient (Wildman–Crippen LogP) is 3.68. The monoisotopic (exact) mass is 404 g/mol. The van der Waals surface area contributed by atoms with Crippen LogP contribution in [-0.4, -0.2) is 30.1 Å². The van der Waals surface area contributed by atoms with Crippen molar-refractivity contribution in [1.29, 1.82) is 0 Å². The Labute approximate surface area is 158 Å². The average molecular weight is 405 g/mol. The van der Waals surface area contributed by atoms with E-state index in [1.165, 1.54) is 0 Å². The smallest absolute Gasteiger partial charge is 0.191 e. The van der Waals surface area contributed by atoms with E-state index in [4.69, 9.17) is 4.74 Å². The summed E-state index contributed by atoms with van der Waals surface area (Å²) < 4.78 is 6.90. The first-order valence-electron chi connectivity index (χ1n) is 8.44. The van der Waals surface area contributed by atoms with Gasteiger partial charge in [-0.05, 0) is 60.5 Å². The molecule has 0 fully saturated rings. The summed E-state index contributed by atoms with van der Waals surface area (Å²) in [4.78, 5) is 8.99. The number of aromatic nitrogens is 1. The highest BCUT2D eigenvalue weighted by molar-refractivity contribution is 9.10. The predicted molar refractivity (Wildman–Crippen MR) is 106 cm³/mol. The molecular weight excluding hydrogens is 380 g/mol. The standard InChI is InChI=1S/C19H25BrN4O/c1-4-21-19(24-13-17-14(2)8-7-11-22-17)23-12-15(3)25-18-10-6-5-9-16(18)20/h5-11,15H,4,12-13H2,1-3H3,(H2,21,23,24). The van der Waals surface area contributed by atoms with E-state index >= 15 is 0 Å². The SMILES string of the molecule is CCNC(=NCc1ncccc1C)NCC(C)Oc1ccccc1Br. The number of para-hydroxylation sites is 1. The Morgan fingerprint density at radius 1 is 1.24 bits per heavy atom. The summed E-state index contributed by atoms with van der Waals surface area (Å²) in [5.74, 6) is 1.60. The third-order valence-corrected chi connectivity index (χ3v) is 4.23. The van der Waals surface area contributed by atoms with Crippen LogP contribution in [0.2, 0.25) is 0 Å². The lowest BCUT2D eigenvalue weighted by Crippen LogP contribution is -2.41. The number of aliphatic imine (C=N–C) groups is 1. The molecule has 5 nitrogen and oxygen atoms in total. The lowest BCUT2D eigenvalue weighted by Gasteiger charge is -2.18. The van der Waals surface area contributed by atoms with E-state index in [1.807, 2.05) is 57.2 Å². The van der Waals surface area contributed by atoms with Crippen LogP contribution in [-0.2, 0) is 6.54 Å². The van der Waals surface area contributed by atoms with Crippen molar-refractivity contribution in [2.75, 3.05) is 13.1 Å². The van der Waals surface area contributed by atoms with Crippen molar-refractivity contribution in [2.45, 2.75) is 33.4 Å². The van der Waals surface area contributed by atoms with Crippen LogP contribution < -0.4 is 15.4 Å². The van der Waals surface area contributed by atoms with Gasteiger partial charge in [0.05, 0.1) is 23.3 Å². The van der Waals surface area contributed by atoms with Gasteiger partial charge in [-0.3, -0.25) is 4.98 Å². The summed E-state index contributed by atoms with van der Waals surface area (Å²) in [5.41, 5.74) is 2.13. The molecule has 2 aromatic rings. The first-order chi connectivity index (χ1) is 12.1. The van der Waals surface area contributed by atoms with Crippen LogP contribution in [0.4, 0.5) is 0 Å². The van der Waals surface area contributed by atoms with Crippen LogP contribution in [0, 0.1) is 6.92 Å². The number of ether oxygens (including phenoxy) is 1. The van der Waals surface area contributed by atoms with Crippen LogP contribution in [0.15, 0.2) is 52.1 Å². The van der Waals surface area contributed by atoms with Crippen LogP contribution in [0.5, 0.6) is 5.75 Å². The van der Waals surface area contributed by atoms with Crippen molar-refractivity contribution in [3.05, 3.63) is 58.3 Å². The minimum Gasteiger partial charge on any atom is -0.488 e. The third-order valence-electron chi connectivity index (χ3n) is 3.57. The highest BCUT2D eigenvalue weighted by Gasteiger charge is 2.08. The Kier molecular flexibility index (Phi) is 7.73. The first-order valence-corrected chi connectivity index (χ1v) is 9.23. The number of halogens is 1. The molecule has 25 heavy (non-hydrogen) atoms. The Morgan fingerprint density at radius 3 is 2.76 bits per heavy atom. The fourth-order valence-corrected chi connectivity index (χ4v) is 2.60. The third kappa shape index (κ3) is 6.38. The summed E-state index contributed by atoms with van der Waals surface area (Å²) in [5, 5.41) is 6.57. The van der Waals surface area contributed by atoms with Crippen molar-refractivity contribution in [3.8, 4) is 5.75 Å². The van der Waals surface area contributed by atoms with Gasteiger partial charge in [0.15, 0.2) is 5.96 Å². The zero-order valence-corrected chi connectivity index (χ0v) is 16.5. The summed E-state index contributed by atoms with van der Waals surface area (Å²) in [6.07, 6.45) is 1.80. The van der Waals surface area contributed by atoms with Crippen molar-refractivity contribution < 1.29 is 4.74 Å². The molecule has 0 bridgehead atoms. The fourth-order valence-electron chi connectivity index (χ4n) is 2.22. The topological polar surface area (TPSA) is 58.5 Å². The molecule has 0 spiro atoms. The van der Waals surface area contributed by atoms with Crippen molar-refractivity contribution >= 4 is 21.9 Å². The summed E-state index contributed by atoms with van der Waals surface area (Å²) in [6, 6.07) is 11.8. The number of pyridine rings is 1. The minimum absolute atomic E-state index is 0.000794. The zero-order valence-electron chi connectivity index (χ0n) is 14.9. The molecule has 0 aliphatic heterocycles. The molecule has 0 amide bonds. The number of aryl methyl sites for hydroxylation is 1. The van der Waals surface area contributed by atoms with Crippen LogP contribution >= 0.6 is 15.9 Å². The van der Waals surface area contributed by atoms with E-state index in [1.54, 1.807) is 6.20 Å². The molecular formula is C19H25BrN4O. The quantitative estimate of drug-likeness (QED) is 0.545. The van der Waals surface area contributed by atoms with E-state index in [2.05, 4.69) is 36.5 Å². The van der Waals surface area contributed by atoms with Gasteiger partial charge in [0.2, 0.25) is 0 Å². The first kappa shape index (κ1) is 19.2. The number of rotatable bonds is 7. The molecule has 1 atom stereocenters. The van der Waals surface area contributed by atoms with E-state index in [-0.39, 0.29) is 6.10 Å². The highest BCUT2D eigenvalue weighted by Crippen LogP contribution is 2.24. The van der Waals surface area contributed by atoms with Gasteiger partial charge in [0.1, 0.15) is 11.9 Å². The normalized spacial score (nSPS) is 12.6.